The third kappa shape index (κ3) is 3.15. The number of hydrogen-bond donors (Lipinski definition) is 2. The Morgan fingerprint density at radius 3 is 1.88 bits per heavy atom. The Balaban J connectivity index is 2.15. The van der Waals surface area contributed by atoms with Gasteiger partial charge in [0, 0.05) is 17.3 Å². The van der Waals surface area contributed by atoms with Crippen LogP contribution < -0.4 is 11.1 Å². The lowest BCUT2D eigenvalue weighted by atomic mass is 9.96. The molecule has 26 heavy (non-hydrogen) atoms. The largest absolute Gasteiger partial charge is 0.396 e. The Bertz CT molecular complexity index is 1390. The van der Waals surface area contributed by atoms with Gasteiger partial charge < -0.3 is 11.1 Å². The van der Waals surface area contributed by atoms with Gasteiger partial charge in [-0.05, 0) is 23.3 Å². The maximum Gasteiger partial charge on any atom is 0.153 e. The fourth-order valence-electron chi connectivity index (χ4n) is 2.51. The van der Waals surface area contributed by atoms with E-state index >= 15 is 0 Å². The lowest BCUT2D eigenvalue weighted by Gasteiger charge is -2.18. The summed E-state index contributed by atoms with van der Waals surface area (Å²) in [4.78, 5) is 4.20. The monoisotopic (exact) mass is 347 g/mol. The minimum atomic E-state index is -0.556. The van der Waals surface area contributed by atoms with Crippen molar-refractivity contribution < 1.29 is 13.7 Å². The molecule has 0 unspecified atom stereocenters. The highest BCUT2D eigenvalue weighted by molar-refractivity contribution is 5.93. The van der Waals surface area contributed by atoms with Crippen molar-refractivity contribution in [3.63, 3.8) is 0 Å². The maximum absolute atomic E-state index is 8.45. The summed E-state index contributed by atoms with van der Waals surface area (Å²) in [6.07, 6.45) is 1.47. The van der Waals surface area contributed by atoms with Crippen LogP contribution in [0.3, 0.4) is 0 Å². The van der Waals surface area contributed by atoms with E-state index in [2.05, 4.69) is 10.3 Å². The summed E-state index contributed by atoms with van der Waals surface area (Å²) < 4.78 is 82.0. The van der Waals surface area contributed by atoms with Crippen LogP contribution in [0.5, 0.6) is 0 Å². The standard InChI is InChI=1S/C23H19N3/c24-21-15-8-16-25-23(21)26-22-19(17-9-3-1-4-10-17)13-7-14-20(22)18-11-5-2-6-12-18/h1-16H,24H2,(H,25,26)/i1D,2D,3D,4D,5D,6D,9D,10D,11D,12D. The minimum Gasteiger partial charge on any atom is -0.396 e. The van der Waals surface area contributed by atoms with Gasteiger partial charge in [-0.3, -0.25) is 0 Å². The summed E-state index contributed by atoms with van der Waals surface area (Å²) in [5, 5.41) is 3.01. The third-order valence-electron chi connectivity index (χ3n) is 3.69. The number of rotatable bonds is 4. The van der Waals surface area contributed by atoms with E-state index in [1.807, 2.05) is 0 Å². The molecule has 0 bridgehead atoms. The molecule has 0 aliphatic heterocycles. The van der Waals surface area contributed by atoms with Gasteiger partial charge in [-0.1, -0.05) is 78.6 Å². The van der Waals surface area contributed by atoms with Crippen LogP contribution in [0.15, 0.2) is 97.0 Å². The molecule has 3 nitrogen and oxygen atoms in total. The predicted octanol–water partition coefficient (Wildman–Crippen LogP) is 5.74. The van der Waals surface area contributed by atoms with Crippen LogP contribution in [0.2, 0.25) is 0 Å². The third-order valence-corrected chi connectivity index (χ3v) is 3.69. The van der Waals surface area contributed by atoms with Crippen molar-refractivity contribution in [1.82, 2.24) is 4.98 Å². The first kappa shape index (κ1) is 8.19. The highest BCUT2D eigenvalue weighted by Crippen LogP contribution is 2.39. The minimum absolute atomic E-state index is 0.111. The molecule has 1 aromatic heterocycles. The number of para-hydroxylation sites is 1. The second-order valence-electron chi connectivity index (χ2n) is 5.29. The van der Waals surface area contributed by atoms with Gasteiger partial charge in [0.05, 0.1) is 25.1 Å². The smallest absolute Gasteiger partial charge is 0.153 e. The van der Waals surface area contributed by atoms with Gasteiger partial charge in [0.2, 0.25) is 0 Å². The number of anilines is 3. The van der Waals surface area contributed by atoms with Crippen LogP contribution in [0, 0.1) is 0 Å². The molecule has 4 aromatic rings. The second-order valence-corrected chi connectivity index (χ2v) is 5.29. The lowest BCUT2D eigenvalue weighted by molar-refractivity contribution is 1.31. The number of pyridine rings is 1. The Morgan fingerprint density at radius 1 is 0.769 bits per heavy atom. The van der Waals surface area contributed by atoms with E-state index in [9.17, 15) is 0 Å². The zero-order chi connectivity index (χ0) is 26.5. The van der Waals surface area contributed by atoms with Crippen molar-refractivity contribution in [1.29, 1.82) is 0 Å². The predicted molar refractivity (Wildman–Crippen MR) is 109 cm³/mol. The Morgan fingerprint density at radius 2 is 1.35 bits per heavy atom. The van der Waals surface area contributed by atoms with Crippen LogP contribution in [-0.4, -0.2) is 4.98 Å². The molecule has 0 aliphatic carbocycles. The molecule has 3 heteroatoms. The zero-order valence-corrected chi connectivity index (χ0v) is 13.5. The molecule has 1 heterocycles. The van der Waals surface area contributed by atoms with Crippen molar-refractivity contribution in [2.75, 3.05) is 11.1 Å². The molecule has 0 spiro atoms. The van der Waals surface area contributed by atoms with Gasteiger partial charge in [-0.25, -0.2) is 4.98 Å². The highest BCUT2D eigenvalue weighted by atomic mass is 15.0. The van der Waals surface area contributed by atoms with Crippen LogP contribution >= 0.6 is 0 Å². The van der Waals surface area contributed by atoms with E-state index in [0.717, 1.165) is 0 Å². The molecule has 0 saturated heterocycles. The first-order valence-electron chi connectivity index (χ1n) is 12.7. The molecule has 3 aromatic carbocycles. The molecule has 126 valence electrons. The summed E-state index contributed by atoms with van der Waals surface area (Å²) in [5.74, 6) is 0.172. The second kappa shape index (κ2) is 7.11. The van der Waals surface area contributed by atoms with Crippen molar-refractivity contribution >= 4 is 17.2 Å². The summed E-state index contributed by atoms with van der Waals surface area (Å²) >= 11 is 0. The number of nitrogen functional groups attached to an aromatic ring is 1. The fourth-order valence-corrected chi connectivity index (χ4v) is 2.51. The van der Waals surface area contributed by atoms with Gasteiger partial charge in [-0.2, -0.15) is 0 Å². The normalized spacial score (nSPS) is 15.8. The summed E-state index contributed by atoms with van der Waals surface area (Å²) in [5.41, 5.74) is 6.42. The van der Waals surface area contributed by atoms with E-state index in [4.69, 9.17) is 19.4 Å². The quantitative estimate of drug-likeness (QED) is 0.495. The molecule has 3 N–H and O–H groups in total. The molecular weight excluding hydrogens is 318 g/mol. The molecule has 0 aliphatic rings. The van der Waals surface area contributed by atoms with Crippen molar-refractivity contribution in [2.24, 2.45) is 0 Å². The van der Waals surface area contributed by atoms with Crippen LogP contribution in [-0.2, 0) is 0 Å². The number of nitrogens with one attached hydrogen (secondary N) is 1. The summed E-state index contributed by atoms with van der Waals surface area (Å²) in [7, 11) is 0. The first-order chi connectivity index (χ1) is 17.0. The molecular formula is C23H19N3. The summed E-state index contributed by atoms with van der Waals surface area (Å²) in [6.45, 7) is 0. The number of benzene rings is 3. The van der Waals surface area contributed by atoms with Gasteiger partial charge in [0.1, 0.15) is 0 Å². The topological polar surface area (TPSA) is 50.9 Å². The molecule has 0 atom stereocenters. The summed E-state index contributed by atoms with van der Waals surface area (Å²) in [6, 6.07) is 2.60. The zero-order valence-electron chi connectivity index (χ0n) is 23.5. The number of hydrogen-bond acceptors (Lipinski definition) is 3. The molecule has 0 saturated carbocycles. The Labute approximate surface area is 167 Å². The van der Waals surface area contributed by atoms with Crippen molar-refractivity contribution in [3.8, 4) is 22.3 Å². The van der Waals surface area contributed by atoms with E-state index in [1.165, 1.54) is 24.4 Å². The van der Waals surface area contributed by atoms with Crippen molar-refractivity contribution in [3.05, 3.63) is 97.0 Å². The maximum atomic E-state index is 8.45. The fraction of sp³-hybridized carbons (Fsp3) is 0. The lowest BCUT2D eigenvalue weighted by Crippen LogP contribution is -2.01. The molecule has 0 radical (unpaired) electrons. The van der Waals surface area contributed by atoms with Gasteiger partial charge >= 0.3 is 0 Å². The molecule has 4 rings (SSSR count). The average Bonchev–Trinajstić information content (AvgIpc) is 2.86. The van der Waals surface area contributed by atoms with E-state index in [0.29, 0.717) is 0 Å². The van der Waals surface area contributed by atoms with Gasteiger partial charge in [-0.15, -0.1) is 0 Å². The van der Waals surface area contributed by atoms with E-state index < -0.39 is 60.4 Å². The highest BCUT2D eigenvalue weighted by Gasteiger charge is 2.13. The SMILES string of the molecule is [2H]c1c([2H])c([2H])c(-c2cccc(-c3c([2H])c([2H])c([2H])c([2H])c3[2H])c2Nc2ncccc2N)c([2H])c1[2H]. The number of nitrogens with two attached hydrogens (primary N) is 1. The molecule has 0 fully saturated rings. The van der Waals surface area contributed by atoms with Crippen LogP contribution in [0.25, 0.3) is 22.3 Å². The number of nitrogens with zero attached hydrogens (tertiary/aromatic N) is 1. The Hall–Kier alpha value is -3.59. The van der Waals surface area contributed by atoms with E-state index in [1.54, 1.807) is 12.1 Å². The van der Waals surface area contributed by atoms with Crippen LogP contribution in [0.4, 0.5) is 17.2 Å². The van der Waals surface area contributed by atoms with Crippen molar-refractivity contribution in [2.45, 2.75) is 0 Å². The van der Waals surface area contributed by atoms with E-state index in [-0.39, 0.29) is 39.4 Å². The molecule has 0 amide bonds. The number of aromatic nitrogens is 1. The van der Waals surface area contributed by atoms with Gasteiger partial charge in [0.25, 0.3) is 0 Å². The van der Waals surface area contributed by atoms with Crippen LogP contribution in [0.1, 0.15) is 13.7 Å². The van der Waals surface area contributed by atoms with Gasteiger partial charge in [0.15, 0.2) is 5.82 Å². The first-order valence-corrected chi connectivity index (χ1v) is 7.72. The Kier molecular flexibility index (Phi) is 2.24. The average molecular weight is 347 g/mol.